The number of aliphatic hydroxyl groups excluding tert-OH is 1. The number of aliphatic hydroxyl groups is 1. The fraction of sp³-hybridized carbons (Fsp3) is 0.571. The Kier molecular flexibility index (Phi) is 26.9. The van der Waals surface area contributed by atoms with Gasteiger partial charge in [-0.1, -0.05) is 118 Å². The van der Waals surface area contributed by atoms with E-state index < -0.39 is 28.0 Å². The van der Waals surface area contributed by atoms with E-state index in [4.69, 9.17) is 0 Å². The van der Waals surface area contributed by atoms with Crippen LogP contribution in [0.15, 0.2) is 85.1 Å². The average Bonchev–Trinajstić information content (AvgIpc) is 2.94. The van der Waals surface area contributed by atoms with Gasteiger partial charge in [0.1, 0.15) is 0 Å². The Morgan fingerprint density at radius 1 is 0.667 bits per heavy atom. The Labute approximate surface area is 256 Å². The van der Waals surface area contributed by atoms with Gasteiger partial charge in [-0.2, -0.15) is 8.42 Å². The van der Waals surface area contributed by atoms with Crippen molar-refractivity contribution in [1.82, 2.24) is 5.32 Å². The van der Waals surface area contributed by atoms with Gasteiger partial charge in [-0.15, -0.1) is 0 Å². The first kappa shape index (κ1) is 39.5. The number of rotatable bonds is 26. The van der Waals surface area contributed by atoms with Crippen LogP contribution in [0.4, 0.5) is 0 Å². The summed E-state index contributed by atoms with van der Waals surface area (Å²) in [6.07, 6.45) is 41.5. The maximum atomic E-state index is 12.3. The smallest absolute Gasteiger partial charge is 0.267 e. The standard InChI is InChI=1S/C35H57NO5S/c1-3-5-7-9-11-13-15-17-19-20-22-24-26-28-30-34(37)33(32-42(39,40)41)36-35(38)31-29-27-25-23-21-18-16-14-12-10-8-6-4-2/h6,8,12-15,18,20-22,25,27-28,30,33-34,37H,3-5,7,9-11,16-17,19,23-24,26,29,31-32H2,1-2H3,(H,36,38)(H,39,40,41)/b8-6-,14-12-,15-13+,21-18-,22-20+,27-25-,30-28+. The maximum absolute atomic E-state index is 12.3. The Morgan fingerprint density at radius 3 is 1.71 bits per heavy atom. The third-order valence-corrected chi connectivity index (χ3v) is 7.08. The summed E-state index contributed by atoms with van der Waals surface area (Å²) in [7, 11) is -4.38. The zero-order valence-electron chi connectivity index (χ0n) is 26.1. The summed E-state index contributed by atoms with van der Waals surface area (Å²) in [4.78, 5) is 12.3. The minimum absolute atomic E-state index is 0.158. The van der Waals surface area contributed by atoms with E-state index in [0.29, 0.717) is 12.8 Å². The predicted molar refractivity (Wildman–Crippen MR) is 179 cm³/mol. The van der Waals surface area contributed by atoms with Gasteiger partial charge in [-0.3, -0.25) is 9.35 Å². The van der Waals surface area contributed by atoms with Crippen molar-refractivity contribution in [1.29, 1.82) is 0 Å². The Hall–Kier alpha value is -2.48. The van der Waals surface area contributed by atoms with Crippen molar-refractivity contribution in [3.8, 4) is 0 Å². The fourth-order valence-corrected chi connectivity index (χ4v) is 4.69. The third-order valence-electron chi connectivity index (χ3n) is 6.30. The molecule has 0 aromatic carbocycles. The number of amides is 1. The van der Waals surface area contributed by atoms with Crippen LogP contribution in [-0.4, -0.2) is 41.9 Å². The van der Waals surface area contributed by atoms with Gasteiger partial charge >= 0.3 is 0 Å². The van der Waals surface area contributed by atoms with Crippen LogP contribution in [-0.2, 0) is 14.9 Å². The van der Waals surface area contributed by atoms with Crippen LogP contribution in [0, 0.1) is 0 Å². The van der Waals surface area contributed by atoms with Crippen molar-refractivity contribution in [3.63, 3.8) is 0 Å². The van der Waals surface area contributed by atoms with Crippen molar-refractivity contribution in [2.75, 3.05) is 5.75 Å². The number of carbonyl (C=O) groups is 1. The molecule has 0 aliphatic heterocycles. The quantitative estimate of drug-likeness (QED) is 0.0522. The van der Waals surface area contributed by atoms with E-state index in [1.807, 2.05) is 12.2 Å². The molecule has 0 aliphatic rings. The van der Waals surface area contributed by atoms with Crippen LogP contribution in [0.25, 0.3) is 0 Å². The van der Waals surface area contributed by atoms with Crippen molar-refractivity contribution in [2.24, 2.45) is 0 Å². The number of hydrogen-bond donors (Lipinski definition) is 3. The lowest BCUT2D eigenvalue weighted by molar-refractivity contribution is -0.122. The van der Waals surface area contributed by atoms with Gasteiger partial charge in [-0.05, 0) is 70.6 Å². The summed E-state index contributed by atoms with van der Waals surface area (Å²) >= 11 is 0. The molecule has 1 amide bonds. The Morgan fingerprint density at radius 2 is 1.17 bits per heavy atom. The van der Waals surface area contributed by atoms with E-state index in [0.717, 1.165) is 51.4 Å². The van der Waals surface area contributed by atoms with E-state index in [9.17, 15) is 22.9 Å². The molecule has 0 spiro atoms. The molecule has 0 aromatic rings. The van der Waals surface area contributed by atoms with Gasteiger partial charge in [-0.25, -0.2) is 0 Å². The zero-order valence-corrected chi connectivity index (χ0v) is 26.9. The van der Waals surface area contributed by atoms with Gasteiger partial charge in [0.05, 0.1) is 17.9 Å². The molecule has 238 valence electrons. The summed E-state index contributed by atoms with van der Waals surface area (Å²) < 4.78 is 32.2. The minimum atomic E-state index is -4.38. The molecule has 2 unspecified atom stereocenters. The molecular formula is C35H57NO5S. The van der Waals surface area contributed by atoms with Gasteiger partial charge in [0, 0.05) is 6.42 Å². The molecule has 0 fully saturated rings. The molecule has 0 saturated heterocycles. The van der Waals surface area contributed by atoms with E-state index in [1.54, 1.807) is 6.08 Å². The molecule has 3 N–H and O–H groups in total. The third kappa shape index (κ3) is 29.0. The molecule has 0 bridgehead atoms. The van der Waals surface area contributed by atoms with Crippen LogP contribution < -0.4 is 5.32 Å². The fourth-order valence-electron chi connectivity index (χ4n) is 3.96. The molecular weight excluding hydrogens is 546 g/mol. The topological polar surface area (TPSA) is 104 Å². The van der Waals surface area contributed by atoms with Crippen LogP contribution in [0.3, 0.4) is 0 Å². The first-order chi connectivity index (χ1) is 20.3. The summed E-state index contributed by atoms with van der Waals surface area (Å²) in [5.74, 6) is -1.13. The summed E-state index contributed by atoms with van der Waals surface area (Å²) in [5.41, 5.74) is 0. The van der Waals surface area contributed by atoms with E-state index >= 15 is 0 Å². The Bertz CT molecular complexity index is 973. The molecule has 0 rings (SSSR count). The highest BCUT2D eigenvalue weighted by Gasteiger charge is 2.24. The van der Waals surface area contributed by atoms with E-state index in [-0.39, 0.29) is 12.3 Å². The average molecular weight is 604 g/mol. The second-order valence-corrected chi connectivity index (χ2v) is 11.8. The van der Waals surface area contributed by atoms with Crippen molar-refractivity contribution in [3.05, 3.63) is 85.1 Å². The number of nitrogens with one attached hydrogen (secondary N) is 1. The second-order valence-electron chi connectivity index (χ2n) is 10.3. The highest BCUT2D eigenvalue weighted by molar-refractivity contribution is 7.85. The second kappa shape index (κ2) is 28.6. The van der Waals surface area contributed by atoms with Gasteiger partial charge in [0.25, 0.3) is 10.1 Å². The molecule has 0 radical (unpaired) electrons. The van der Waals surface area contributed by atoms with Crippen molar-refractivity contribution in [2.45, 2.75) is 122 Å². The maximum Gasteiger partial charge on any atom is 0.267 e. The van der Waals surface area contributed by atoms with Gasteiger partial charge < -0.3 is 10.4 Å². The summed E-state index contributed by atoms with van der Waals surface area (Å²) in [6.45, 7) is 4.34. The highest BCUT2D eigenvalue weighted by Crippen LogP contribution is 2.06. The normalized spacial score (nSPS) is 14.7. The van der Waals surface area contributed by atoms with Crippen molar-refractivity contribution < 1.29 is 22.9 Å². The summed E-state index contributed by atoms with van der Waals surface area (Å²) in [5, 5.41) is 13.0. The van der Waals surface area contributed by atoms with Gasteiger partial charge in [0.2, 0.25) is 5.91 Å². The molecule has 0 saturated carbocycles. The monoisotopic (exact) mass is 603 g/mol. The number of allylic oxidation sites excluding steroid dienone is 13. The summed E-state index contributed by atoms with van der Waals surface area (Å²) in [6, 6.07) is -1.12. The molecule has 0 heterocycles. The van der Waals surface area contributed by atoms with Gasteiger partial charge in [0.15, 0.2) is 0 Å². The van der Waals surface area contributed by atoms with Crippen LogP contribution >= 0.6 is 0 Å². The predicted octanol–water partition coefficient (Wildman–Crippen LogP) is 8.50. The van der Waals surface area contributed by atoms with Crippen LogP contribution in [0.2, 0.25) is 0 Å². The lowest BCUT2D eigenvalue weighted by atomic mass is 10.1. The number of hydrogen-bond acceptors (Lipinski definition) is 4. The number of carbonyl (C=O) groups excluding carboxylic acids is 1. The largest absolute Gasteiger partial charge is 0.387 e. The molecule has 6 nitrogen and oxygen atoms in total. The molecule has 0 aromatic heterocycles. The van der Waals surface area contributed by atoms with E-state index in [2.05, 4.69) is 79.9 Å². The van der Waals surface area contributed by atoms with Crippen LogP contribution in [0.1, 0.15) is 110 Å². The van der Waals surface area contributed by atoms with Crippen molar-refractivity contribution >= 4 is 16.0 Å². The molecule has 7 heteroatoms. The zero-order chi connectivity index (χ0) is 31.2. The lowest BCUT2D eigenvalue weighted by Crippen LogP contribution is -2.46. The minimum Gasteiger partial charge on any atom is -0.387 e. The Balaban J connectivity index is 4.33. The molecule has 0 aliphatic carbocycles. The van der Waals surface area contributed by atoms with Crippen LogP contribution in [0.5, 0.6) is 0 Å². The highest BCUT2D eigenvalue weighted by atomic mass is 32.2. The first-order valence-corrected chi connectivity index (χ1v) is 17.4. The van der Waals surface area contributed by atoms with E-state index in [1.165, 1.54) is 31.8 Å². The lowest BCUT2D eigenvalue weighted by Gasteiger charge is -2.20. The number of unbranched alkanes of at least 4 members (excludes halogenated alkanes) is 6. The molecule has 42 heavy (non-hydrogen) atoms. The molecule has 2 atom stereocenters. The SMILES string of the molecule is CC/C=C\C/C=C\C/C=C\C/C=C\CCC(=O)NC(CS(=O)(=O)O)C(O)/C=C/CC/C=C/CC/C=C/CCCCCC. The first-order valence-electron chi connectivity index (χ1n) is 15.8.